The summed E-state index contributed by atoms with van der Waals surface area (Å²) in [6.45, 7) is 7.00. The van der Waals surface area contributed by atoms with Crippen molar-refractivity contribution in [3.8, 4) is 0 Å². The maximum absolute atomic E-state index is 7.83. The van der Waals surface area contributed by atoms with E-state index in [1.54, 1.807) is 27.0 Å². The van der Waals surface area contributed by atoms with Crippen LogP contribution in [-0.4, -0.2) is 30.0 Å². The molecule has 0 aromatic heterocycles. The van der Waals surface area contributed by atoms with Crippen LogP contribution >= 0.6 is 0 Å². The first-order chi connectivity index (χ1) is 6.95. The normalized spacial score (nSPS) is 12.2. The van der Waals surface area contributed by atoms with Crippen molar-refractivity contribution in [1.82, 2.24) is 4.90 Å². The van der Waals surface area contributed by atoms with E-state index in [0.29, 0.717) is 5.70 Å². The van der Waals surface area contributed by atoms with Crippen molar-refractivity contribution >= 4 is 18.0 Å². The molecule has 82 valence electrons. The lowest BCUT2D eigenvalue weighted by molar-refractivity contribution is 0.729. The van der Waals surface area contributed by atoms with Gasteiger partial charge in [0.1, 0.15) is 5.70 Å². The van der Waals surface area contributed by atoms with E-state index < -0.39 is 0 Å². The molecule has 0 rings (SSSR count). The summed E-state index contributed by atoms with van der Waals surface area (Å²) in [6.07, 6.45) is 2.73. The molecular formula is C10H17N5. The smallest absolute Gasteiger partial charge is 0.152 e. The highest BCUT2D eigenvalue weighted by Crippen LogP contribution is 2.10. The molecule has 0 fully saturated rings. The van der Waals surface area contributed by atoms with Crippen LogP contribution in [0.1, 0.15) is 13.8 Å². The molecule has 0 unspecified atom stereocenters. The highest BCUT2D eigenvalue weighted by atomic mass is 15.2. The van der Waals surface area contributed by atoms with Crippen LogP contribution in [0.15, 0.2) is 28.9 Å². The van der Waals surface area contributed by atoms with Gasteiger partial charge < -0.3 is 10.6 Å². The first-order valence-electron chi connectivity index (χ1n) is 4.41. The van der Waals surface area contributed by atoms with E-state index in [-0.39, 0.29) is 11.7 Å². The first kappa shape index (κ1) is 13.1. The number of nitrogens with two attached hydrogens (primary N) is 1. The SMILES string of the molecule is C=C/C(C)=C(\N=CN)C(=N)N(C)C(C)=N. The molecule has 4 N–H and O–H groups in total. The number of hydrogen-bond acceptors (Lipinski definition) is 3. The highest BCUT2D eigenvalue weighted by Gasteiger charge is 2.12. The number of nitrogens with zero attached hydrogens (tertiary/aromatic N) is 2. The Morgan fingerprint density at radius 3 is 2.27 bits per heavy atom. The Morgan fingerprint density at radius 2 is 1.93 bits per heavy atom. The van der Waals surface area contributed by atoms with Gasteiger partial charge in [-0.15, -0.1) is 0 Å². The topological polar surface area (TPSA) is 89.3 Å². The van der Waals surface area contributed by atoms with E-state index in [4.69, 9.17) is 16.6 Å². The van der Waals surface area contributed by atoms with Crippen LogP contribution in [0.3, 0.4) is 0 Å². The average Bonchev–Trinajstić information content (AvgIpc) is 2.22. The lowest BCUT2D eigenvalue weighted by Crippen LogP contribution is -2.31. The van der Waals surface area contributed by atoms with Gasteiger partial charge in [0.25, 0.3) is 0 Å². The van der Waals surface area contributed by atoms with Crippen LogP contribution in [0, 0.1) is 10.8 Å². The molecule has 5 nitrogen and oxygen atoms in total. The summed E-state index contributed by atoms with van der Waals surface area (Å²) in [4.78, 5) is 5.31. The van der Waals surface area contributed by atoms with Gasteiger partial charge >= 0.3 is 0 Å². The molecule has 0 spiro atoms. The Balaban J connectivity index is 5.22. The Kier molecular flexibility index (Phi) is 5.01. The van der Waals surface area contributed by atoms with Gasteiger partial charge in [-0.3, -0.25) is 10.8 Å². The summed E-state index contributed by atoms with van der Waals surface area (Å²) < 4.78 is 0. The second-order valence-electron chi connectivity index (χ2n) is 3.01. The fraction of sp³-hybridized carbons (Fsp3) is 0.300. The molecule has 0 saturated carbocycles. The van der Waals surface area contributed by atoms with Gasteiger partial charge in [0.15, 0.2) is 5.84 Å². The molecule has 0 saturated heterocycles. The van der Waals surface area contributed by atoms with Crippen molar-refractivity contribution in [2.45, 2.75) is 13.8 Å². The van der Waals surface area contributed by atoms with Crippen molar-refractivity contribution in [1.29, 1.82) is 10.8 Å². The monoisotopic (exact) mass is 207 g/mol. The Labute approximate surface area is 90.0 Å². The van der Waals surface area contributed by atoms with Crippen LogP contribution < -0.4 is 5.73 Å². The molecule has 0 radical (unpaired) electrons. The lowest BCUT2D eigenvalue weighted by Gasteiger charge is -2.19. The Hall–Kier alpha value is -1.91. The maximum Gasteiger partial charge on any atom is 0.152 e. The van der Waals surface area contributed by atoms with Crippen LogP contribution in [0.5, 0.6) is 0 Å². The zero-order valence-electron chi connectivity index (χ0n) is 9.33. The number of likely N-dealkylation sites (N-methyl/N-ethyl adjacent to an activating group) is 1. The van der Waals surface area contributed by atoms with Crippen LogP contribution in [0.25, 0.3) is 0 Å². The van der Waals surface area contributed by atoms with E-state index >= 15 is 0 Å². The fourth-order valence-electron chi connectivity index (χ4n) is 0.847. The van der Waals surface area contributed by atoms with Gasteiger partial charge in [-0.2, -0.15) is 0 Å². The summed E-state index contributed by atoms with van der Waals surface area (Å²) in [5, 5.41) is 15.2. The van der Waals surface area contributed by atoms with E-state index in [1.807, 2.05) is 0 Å². The van der Waals surface area contributed by atoms with Crippen LogP contribution in [0.2, 0.25) is 0 Å². The second kappa shape index (κ2) is 5.74. The van der Waals surface area contributed by atoms with Gasteiger partial charge in [0, 0.05) is 7.05 Å². The molecule has 0 aliphatic carbocycles. The summed E-state index contributed by atoms with van der Waals surface area (Å²) in [7, 11) is 1.63. The van der Waals surface area contributed by atoms with Crippen LogP contribution in [-0.2, 0) is 0 Å². The average molecular weight is 207 g/mol. The first-order valence-corrected chi connectivity index (χ1v) is 4.41. The van der Waals surface area contributed by atoms with Crippen molar-refractivity contribution < 1.29 is 0 Å². The van der Waals surface area contributed by atoms with E-state index in [2.05, 4.69) is 11.6 Å². The standard InChI is InChI=1S/C10H17N5/c1-5-7(2)9(14-6-11)10(13)15(4)8(3)12/h5-6,12-13H,1H2,2-4H3,(H2,11,14)/b9-7-,12-8?,13-10?. The molecular weight excluding hydrogens is 190 g/mol. The van der Waals surface area contributed by atoms with Gasteiger partial charge in [0.05, 0.1) is 12.2 Å². The number of amidine groups is 2. The summed E-state index contributed by atoms with van der Waals surface area (Å²) in [5.41, 5.74) is 6.37. The quantitative estimate of drug-likeness (QED) is 0.370. The third kappa shape index (κ3) is 3.38. The molecule has 0 heterocycles. The molecule has 0 aliphatic heterocycles. The summed E-state index contributed by atoms with van der Waals surface area (Å²) >= 11 is 0. The zero-order valence-corrected chi connectivity index (χ0v) is 9.33. The van der Waals surface area contributed by atoms with Crippen molar-refractivity contribution in [2.75, 3.05) is 7.05 Å². The molecule has 0 aromatic carbocycles. The minimum atomic E-state index is 0.126. The van der Waals surface area contributed by atoms with Gasteiger partial charge in [-0.1, -0.05) is 12.7 Å². The molecule has 0 aromatic rings. The van der Waals surface area contributed by atoms with Crippen LogP contribution in [0.4, 0.5) is 0 Å². The van der Waals surface area contributed by atoms with Crippen molar-refractivity contribution in [3.63, 3.8) is 0 Å². The van der Waals surface area contributed by atoms with Gasteiger partial charge in [-0.25, -0.2) is 4.99 Å². The highest BCUT2D eigenvalue weighted by molar-refractivity contribution is 6.06. The van der Waals surface area contributed by atoms with Crippen molar-refractivity contribution in [3.05, 3.63) is 23.9 Å². The fourth-order valence-corrected chi connectivity index (χ4v) is 0.847. The minimum Gasteiger partial charge on any atom is -0.390 e. The Morgan fingerprint density at radius 1 is 1.40 bits per heavy atom. The third-order valence-corrected chi connectivity index (χ3v) is 1.95. The number of allylic oxidation sites excluding steroid dienone is 2. The number of aliphatic imine (C=N–C) groups is 1. The second-order valence-corrected chi connectivity index (χ2v) is 3.01. The third-order valence-electron chi connectivity index (χ3n) is 1.95. The van der Waals surface area contributed by atoms with E-state index in [0.717, 1.165) is 11.9 Å². The lowest BCUT2D eigenvalue weighted by atomic mass is 10.2. The molecule has 0 aliphatic rings. The molecule has 0 atom stereocenters. The Bertz CT molecular complexity index is 338. The molecule has 0 amide bonds. The number of nitrogens with one attached hydrogen (secondary N) is 2. The molecule has 0 bridgehead atoms. The van der Waals surface area contributed by atoms with Gasteiger partial charge in [-0.05, 0) is 19.4 Å². The molecule has 15 heavy (non-hydrogen) atoms. The molecule has 5 heteroatoms. The predicted molar refractivity (Wildman–Crippen MR) is 64.5 cm³/mol. The van der Waals surface area contributed by atoms with Crippen molar-refractivity contribution in [2.24, 2.45) is 10.7 Å². The zero-order chi connectivity index (χ0) is 12.0. The van der Waals surface area contributed by atoms with E-state index in [1.165, 1.54) is 4.90 Å². The number of rotatable bonds is 3. The largest absolute Gasteiger partial charge is 0.390 e. The minimum absolute atomic E-state index is 0.126. The summed E-state index contributed by atoms with van der Waals surface area (Å²) in [5.74, 6) is 0.392. The summed E-state index contributed by atoms with van der Waals surface area (Å²) in [6, 6.07) is 0. The maximum atomic E-state index is 7.83. The predicted octanol–water partition coefficient (Wildman–Crippen LogP) is 1.34. The number of hydrogen-bond donors (Lipinski definition) is 3. The van der Waals surface area contributed by atoms with E-state index in [9.17, 15) is 0 Å². The van der Waals surface area contributed by atoms with Gasteiger partial charge in [0.2, 0.25) is 0 Å².